The smallest absolute Gasteiger partial charge is 0.269 e. The molecule has 0 spiro atoms. The zero-order valence-corrected chi connectivity index (χ0v) is 20.0. The summed E-state index contributed by atoms with van der Waals surface area (Å²) in [4.78, 5) is 26.0. The van der Waals surface area contributed by atoms with Crippen molar-refractivity contribution in [1.82, 2.24) is 19.7 Å². The first kappa shape index (κ1) is 21.8. The predicted molar refractivity (Wildman–Crippen MR) is 130 cm³/mol. The lowest BCUT2D eigenvalue weighted by molar-refractivity contribution is 0.0857. The number of pyridine rings is 1. The molecule has 0 N–H and O–H groups in total. The molecule has 4 heterocycles. The topological polar surface area (TPSA) is 75.8 Å². The van der Waals surface area contributed by atoms with E-state index in [0.717, 1.165) is 30.4 Å². The molecule has 2 atom stereocenters. The number of halogens is 1. The Morgan fingerprint density at radius 1 is 1.14 bits per heavy atom. The molecule has 1 amide bonds. The van der Waals surface area contributed by atoms with E-state index in [2.05, 4.69) is 9.88 Å². The highest BCUT2D eigenvalue weighted by Crippen LogP contribution is 2.43. The number of rotatable bonds is 5. The number of anilines is 1. The molecule has 0 unspecified atom stereocenters. The van der Waals surface area contributed by atoms with Crippen LogP contribution in [0.15, 0.2) is 47.5 Å². The van der Waals surface area contributed by atoms with Gasteiger partial charge in [0.15, 0.2) is 5.82 Å². The molecule has 1 aromatic carbocycles. The summed E-state index contributed by atoms with van der Waals surface area (Å²) in [7, 11) is 1.77. The Bertz CT molecular complexity index is 1330. The molecule has 6 rings (SSSR count). The van der Waals surface area contributed by atoms with Gasteiger partial charge in [-0.1, -0.05) is 30.3 Å². The average molecular weight is 475 g/mol. The second-order valence-electron chi connectivity index (χ2n) is 9.60. The third kappa shape index (κ3) is 3.57. The highest BCUT2D eigenvalue weighted by atomic mass is 19.1. The number of aromatic nitrogens is 3. The van der Waals surface area contributed by atoms with Crippen molar-refractivity contribution in [3.05, 3.63) is 59.5 Å². The standard InChI is InChI=1S/C26H27FN6O2/c1-15(2)35-25-22-23(33-20-8-4-7-19(20)29-26(33)31(3)24(22)34)30-32(25)14-16-10-12-17(13-11-16)18-6-5-9-21(27)28-18/h5-6,9-13,15,19-20H,4,7-8,14H2,1-3H3/t19-,20+/m1/s1. The van der Waals surface area contributed by atoms with Crippen molar-refractivity contribution < 1.29 is 13.9 Å². The van der Waals surface area contributed by atoms with Crippen molar-refractivity contribution in [3.8, 4) is 17.1 Å². The van der Waals surface area contributed by atoms with Crippen LogP contribution in [0.1, 0.15) is 49.0 Å². The van der Waals surface area contributed by atoms with E-state index in [-0.39, 0.29) is 24.1 Å². The van der Waals surface area contributed by atoms with Crippen LogP contribution in [0.5, 0.6) is 5.88 Å². The van der Waals surface area contributed by atoms with Crippen LogP contribution in [0.25, 0.3) is 11.3 Å². The van der Waals surface area contributed by atoms with Gasteiger partial charge in [-0.15, -0.1) is 0 Å². The SMILES string of the molecule is CC(C)Oc1c2c(nn1Cc1ccc(-c3cccc(F)n3)cc1)N1C(=N[C@@H]3CCC[C@@H]31)N(C)C2=O. The van der Waals surface area contributed by atoms with Gasteiger partial charge in [-0.05, 0) is 50.8 Å². The lowest BCUT2D eigenvalue weighted by atomic mass is 10.1. The maximum Gasteiger partial charge on any atom is 0.269 e. The molecule has 35 heavy (non-hydrogen) atoms. The molecule has 0 bridgehead atoms. The van der Waals surface area contributed by atoms with Crippen LogP contribution in [0, 0.1) is 5.95 Å². The molecule has 1 fully saturated rings. The van der Waals surface area contributed by atoms with Gasteiger partial charge in [-0.2, -0.15) is 9.49 Å². The van der Waals surface area contributed by atoms with Gasteiger partial charge in [0.05, 0.1) is 30.4 Å². The van der Waals surface area contributed by atoms with E-state index >= 15 is 0 Å². The van der Waals surface area contributed by atoms with Gasteiger partial charge in [0.25, 0.3) is 5.91 Å². The number of hydrogen-bond donors (Lipinski definition) is 0. The van der Waals surface area contributed by atoms with E-state index in [4.69, 9.17) is 14.8 Å². The van der Waals surface area contributed by atoms with Gasteiger partial charge in [0.2, 0.25) is 17.8 Å². The summed E-state index contributed by atoms with van der Waals surface area (Å²) in [6, 6.07) is 12.9. The molecule has 0 saturated heterocycles. The van der Waals surface area contributed by atoms with E-state index in [1.54, 1.807) is 28.8 Å². The van der Waals surface area contributed by atoms with Gasteiger partial charge in [0.1, 0.15) is 5.56 Å². The van der Waals surface area contributed by atoms with Crippen LogP contribution in [0.2, 0.25) is 0 Å². The summed E-state index contributed by atoms with van der Waals surface area (Å²) < 4.78 is 21.5. The van der Waals surface area contributed by atoms with Crippen molar-refractivity contribution in [2.24, 2.45) is 4.99 Å². The molecule has 9 heteroatoms. The van der Waals surface area contributed by atoms with Crippen LogP contribution in [0.3, 0.4) is 0 Å². The lowest BCUT2D eigenvalue weighted by Gasteiger charge is -2.33. The molecule has 180 valence electrons. The molecule has 1 aliphatic carbocycles. The van der Waals surface area contributed by atoms with Crippen molar-refractivity contribution in [2.45, 2.75) is 57.8 Å². The van der Waals surface area contributed by atoms with Gasteiger partial charge in [0, 0.05) is 12.6 Å². The number of carbonyl (C=O) groups excluding carboxylic acids is 1. The average Bonchev–Trinajstić information content (AvgIpc) is 3.51. The zero-order valence-electron chi connectivity index (χ0n) is 20.0. The highest BCUT2D eigenvalue weighted by Gasteiger charge is 2.49. The van der Waals surface area contributed by atoms with Crippen LogP contribution in [0.4, 0.5) is 10.2 Å². The zero-order chi connectivity index (χ0) is 24.3. The van der Waals surface area contributed by atoms with Crippen molar-refractivity contribution in [2.75, 3.05) is 11.9 Å². The number of nitrogens with zero attached hydrogens (tertiary/aromatic N) is 6. The Balaban J connectivity index is 1.38. The summed E-state index contributed by atoms with van der Waals surface area (Å²) in [5.74, 6) is 1.14. The number of amides is 1. The minimum absolute atomic E-state index is 0.123. The molecular formula is C26H27FN6O2. The normalized spacial score (nSPS) is 20.7. The monoisotopic (exact) mass is 474 g/mol. The molecule has 3 aromatic rings. The molecule has 2 aliphatic heterocycles. The number of hydrogen-bond acceptors (Lipinski definition) is 6. The second kappa shape index (κ2) is 8.18. The third-order valence-electron chi connectivity index (χ3n) is 6.85. The largest absolute Gasteiger partial charge is 0.474 e. The Labute approximate surface area is 203 Å². The van der Waals surface area contributed by atoms with E-state index in [1.807, 2.05) is 38.1 Å². The minimum Gasteiger partial charge on any atom is -0.474 e. The van der Waals surface area contributed by atoms with E-state index in [1.165, 1.54) is 6.07 Å². The maximum absolute atomic E-state index is 13.5. The summed E-state index contributed by atoms with van der Waals surface area (Å²) in [5, 5.41) is 4.91. The van der Waals surface area contributed by atoms with Crippen molar-refractivity contribution >= 4 is 17.7 Å². The molecular weight excluding hydrogens is 447 g/mol. The van der Waals surface area contributed by atoms with E-state index < -0.39 is 5.95 Å². The van der Waals surface area contributed by atoms with Crippen molar-refractivity contribution in [1.29, 1.82) is 0 Å². The molecule has 2 aromatic heterocycles. The highest BCUT2D eigenvalue weighted by molar-refractivity contribution is 6.19. The second-order valence-corrected chi connectivity index (χ2v) is 9.60. The summed E-state index contributed by atoms with van der Waals surface area (Å²) in [6.07, 6.45) is 3.06. The van der Waals surface area contributed by atoms with E-state index in [0.29, 0.717) is 35.5 Å². The van der Waals surface area contributed by atoms with E-state index in [9.17, 15) is 9.18 Å². The van der Waals surface area contributed by atoms with Crippen LogP contribution >= 0.6 is 0 Å². The fourth-order valence-corrected chi connectivity index (χ4v) is 5.25. The van der Waals surface area contributed by atoms with Gasteiger partial charge < -0.3 is 4.74 Å². The first-order valence-corrected chi connectivity index (χ1v) is 12.0. The Morgan fingerprint density at radius 2 is 1.94 bits per heavy atom. The first-order chi connectivity index (χ1) is 16.9. The van der Waals surface area contributed by atoms with Crippen LogP contribution in [-0.2, 0) is 6.54 Å². The van der Waals surface area contributed by atoms with Crippen LogP contribution in [-0.4, -0.2) is 56.8 Å². The number of guanidine groups is 1. The Morgan fingerprint density at radius 3 is 2.69 bits per heavy atom. The van der Waals surface area contributed by atoms with Crippen LogP contribution < -0.4 is 9.64 Å². The number of aliphatic imine (C=N–C) groups is 1. The number of ether oxygens (including phenoxy) is 1. The lowest BCUT2D eigenvalue weighted by Crippen LogP contribution is -2.51. The summed E-state index contributed by atoms with van der Waals surface area (Å²) in [6.45, 7) is 4.31. The number of benzene rings is 1. The number of carbonyl (C=O) groups is 1. The first-order valence-electron chi connectivity index (χ1n) is 12.0. The Kier molecular flexibility index (Phi) is 5.09. The molecule has 1 saturated carbocycles. The quantitative estimate of drug-likeness (QED) is 0.521. The molecule has 0 radical (unpaired) electrons. The minimum atomic E-state index is -0.506. The predicted octanol–water partition coefficient (Wildman–Crippen LogP) is 4.10. The Hall–Kier alpha value is -3.75. The van der Waals surface area contributed by atoms with Crippen molar-refractivity contribution in [3.63, 3.8) is 0 Å². The summed E-state index contributed by atoms with van der Waals surface area (Å²) >= 11 is 0. The third-order valence-corrected chi connectivity index (χ3v) is 6.85. The maximum atomic E-state index is 13.5. The molecule has 3 aliphatic rings. The van der Waals surface area contributed by atoms with Gasteiger partial charge in [-0.3, -0.25) is 14.6 Å². The fourth-order valence-electron chi connectivity index (χ4n) is 5.25. The van der Waals surface area contributed by atoms with Gasteiger partial charge in [-0.25, -0.2) is 14.7 Å². The van der Waals surface area contributed by atoms with Gasteiger partial charge >= 0.3 is 0 Å². The fraction of sp³-hybridized carbons (Fsp3) is 0.385. The molecule has 8 nitrogen and oxygen atoms in total. The number of fused-ring (bicyclic) bond motifs is 5. The summed E-state index contributed by atoms with van der Waals surface area (Å²) in [5.41, 5.74) is 2.88.